The number of phenolic OH excluding ortho intramolecular Hbond substituents is 1. The molecule has 4 rings (SSSR count). The molecule has 0 spiro atoms. The summed E-state index contributed by atoms with van der Waals surface area (Å²) in [7, 11) is 0. The average Bonchev–Trinajstić information content (AvgIpc) is 2.76. The summed E-state index contributed by atoms with van der Waals surface area (Å²) in [6.07, 6.45) is 5.30. The van der Waals surface area contributed by atoms with E-state index < -0.39 is 5.82 Å². The van der Waals surface area contributed by atoms with Crippen LogP contribution in [0.2, 0.25) is 0 Å². The maximum atomic E-state index is 14.4. The predicted molar refractivity (Wildman–Crippen MR) is 113 cm³/mol. The number of phenols is 1. The molecule has 0 aliphatic carbocycles. The molecule has 10 heteroatoms. The van der Waals surface area contributed by atoms with Crippen molar-refractivity contribution in [2.24, 2.45) is 0 Å². The number of likely N-dealkylation sites (tertiary alicyclic amines) is 1. The largest absolute Gasteiger partial charge is 0.507 e. The van der Waals surface area contributed by atoms with Gasteiger partial charge in [0.15, 0.2) is 5.82 Å². The Morgan fingerprint density at radius 2 is 2.06 bits per heavy atom. The average molecular weight is 429 g/mol. The highest BCUT2D eigenvalue weighted by atomic mass is 19.1. The van der Waals surface area contributed by atoms with Gasteiger partial charge in [0.05, 0.1) is 12.2 Å². The van der Waals surface area contributed by atoms with E-state index in [0.717, 1.165) is 31.3 Å². The lowest BCUT2D eigenvalue weighted by Gasteiger charge is -2.33. The number of aliphatic hydroxyl groups excluding tert-OH is 1. The molecule has 31 heavy (non-hydrogen) atoms. The van der Waals surface area contributed by atoms with Gasteiger partial charge in [0.1, 0.15) is 17.3 Å². The molecule has 3 heterocycles. The van der Waals surface area contributed by atoms with Crippen molar-refractivity contribution in [3.63, 3.8) is 0 Å². The van der Waals surface area contributed by atoms with E-state index in [4.69, 9.17) is 9.90 Å². The number of nitrogens with one attached hydrogen (secondary N) is 1. The molecule has 0 bridgehead atoms. The SMILES string of the molecule is O=CO.OCCN1CCC[C@@H](Nc2nnc(-c3c(O)cccc3F)c3ccncc23)C1. The number of benzene rings is 1. The van der Waals surface area contributed by atoms with Crippen LogP contribution in [0, 0.1) is 5.82 Å². The zero-order valence-electron chi connectivity index (χ0n) is 16.8. The van der Waals surface area contributed by atoms with Gasteiger partial charge < -0.3 is 20.6 Å². The number of carboxylic acid groups (broad SMARTS) is 1. The quantitative estimate of drug-likeness (QED) is 0.450. The number of aromatic nitrogens is 3. The van der Waals surface area contributed by atoms with E-state index >= 15 is 0 Å². The zero-order valence-corrected chi connectivity index (χ0v) is 16.8. The summed E-state index contributed by atoms with van der Waals surface area (Å²) in [4.78, 5) is 14.8. The molecule has 9 nitrogen and oxygen atoms in total. The van der Waals surface area contributed by atoms with Crippen LogP contribution >= 0.6 is 0 Å². The van der Waals surface area contributed by atoms with Crippen LogP contribution in [0.4, 0.5) is 10.2 Å². The molecular weight excluding hydrogens is 405 g/mol. The lowest BCUT2D eigenvalue weighted by atomic mass is 10.0. The van der Waals surface area contributed by atoms with Crippen molar-refractivity contribution >= 4 is 23.1 Å². The van der Waals surface area contributed by atoms with E-state index in [0.29, 0.717) is 17.7 Å². The highest BCUT2D eigenvalue weighted by Gasteiger charge is 2.22. The van der Waals surface area contributed by atoms with Gasteiger partial charge in [-0.1, -0.05) is 6.07 Å². The lowest BCUT2D eigenvalue weighted by Crippen LogP contribution is -2.43. The number of nitrogens with zero attached hydrogens (tertiary/aromatic N) is 4. The van der Waals surface area contributed by atoms with Gasteiger partial charge in [0.25, 0.3) is 6.47 Å². The molecule has 3 aromatic rings. The monoisotopic (exact) mass is 429 g/mol. The minimum absolute atomic E-state index is 0.0320. The number of hydrogen-bond donors (Lipinski definition) is 4. The number of carbonyl (C=O) groups is 1. The Bertz CT molecular complexity index is 1010. The molecule has 1 aliphatic heterocycles. The molecule has 0 unspecified atom stereocenters. The van der Waals surface area contributed by atoms with Gasteiger partial charge in [0.2, 0.25) is 0 Å². The predicted octanol–water partition coefficient (Wildman–Crippen LogP) is 2.11. The maximum Gasteiger partial charge on any atom is 0.290 e. The van der Waals surface area contributed by atoms with Gasteiger partial charge in [-0.15, -0.1) is 10.2 Å². The Kier molecular flexibility index (Phi) is 7.63. The first kappa shape index (κ1) is 22.3. The number of hydrogen-bond acceptors (Lipinski definition) is 8. The van der Waals surface area contributed by atoms with E-state index in [1.807, 2.05) is 0 Å². The van der Waals surface area contributed by atoms with Crippen LogP contribution in [0.15, 0.2) is 36.7 Å². The maximum absolute atomic E-state index is 14.4. The second-order valence-corrected chi connectivity index (χ2v) is 7.07. The summed E-state index contributed by atoms with van der Waals surface area (Å²) in [5.41, 5.74) is 0.314. The van der Waals surface area contributed by atoms with E-state index in [-0.39, 0.29) is 36.1 Å². The molecule has 0 amide bonds. The second kappa shape index (κ2) is 10.6. The molecule has 0 saturated carbocycles. The molecular formula is C21H24FN5O4. The Morgan fingerprint density at radius 3 is 2.81 bits per heavy atom. The fraction of sp³-hybridized carbons (Fsp3) is 0.333. The Morgan fingerprint density at radius 1 is 1.26 bits per heavy atom. The molecule has 1 fully saturated rings. The van der Waals surface area contributed by atoms with Crippen molar-refractivity contribution in [3.8, 4) is 17.0 Å². The molecule has 1 aliphatic rings. The number of aliphatic hydroxyl groups is 1. The minimum Gasteiger partial charge on any atom is -0.507 e. The van der Waals surface area contributed by atoms with Crippen molar-refractivity contribution in [1.82, 2.24) is 20.1 Å². The van der Waals surface area contributed by atoms with E-state index in [2.05, 4.69) is 25.4 Å². The standard InChI is InChI=1S/C20H22FN5O2.CH2O2/c21-16-4-1-5-17(28)18(16)19-14-6-7-22-11-15(14)20(25-24-19)23-13-3-2-8-26(12-13)9-10-27;2-1-3/h1,4-7,11,13,27-28H,2-3,8-10,12H2,(H,23,25);1H,(H,2,3)/t13-;/m1./s1. The zero-order chi connectivity index (χ0) is 22.2. The molecule has 1 saturated heterocycles. The van der Waals surface area contributed by atoms with E-state index in [1.54, 1.807) is 18.5 Å². The van der Waals surface area contributed by atoms with Crippen molar-refractivity contribution in [2.45, 2.75) is 18.9 Å². The number of fused-ring (bicyclic) bond motifs is 1. The number of β-amino-alcohol motifs (C(OH)–C–C–N with tert-alkyl or cyclic N) is 1. The number of pyridine rings is 1. The number of halogens is 1. The van der Waals surface area contributed by atoms with Crippen molar-refractivity contribution in [2.75, 3.05) is 31.6 Å². The topological polar surface area (TPSA) is 132 Å². The van der Waals surface area contributed by atoms with Crippen LogP contribution in [0.1, 0.15) is 12.8 Å². The summed E-state index contributed by atoms with van der Waals surface area (Å²) >= 11 is 0. The number of aromatic hydroxyl groups is 1. The van der Waals surface area contributed by atoms with Gasteiger partial charge in [0, 0.05) is 42.3 Å². The summed E-state index contributed by atoms with van der Waals surface area (Å²) in [5.74, 6) is -0.154. The molecule has 2 aromatic heterocycles. The molecule has 4 N–H and O–H groups in total. The van der Waals surface area contributed by atoms with Gasteiger partial charge in [-0.2, -0.15) is 0 Å². The summed E-state index contributed by atoms with van der Waals surface area (Å²) in [6.45, 7) is 2.32. The summed E-state index contributed by atoms with van der Waals surface area (Å²) in [6, 6.07) is 6.08. The van der Waals surface area contributed by atoms with Gasteiger partial charge in [-0.3, -0.25) is 14.7 Å². The minimum atomic E-state index is -0.556. The van der Waals surface area contributed by atoms with Crippen LogP contribution in [0.5, 0.6) is 5.75 Å². The molecule has 164 valence electrons. The second-order valence-electron chi connectivity index (χ2n) is 7.07. The third-order valence-electron chi connectivity index (χ3n) is 5.07. The Balaban J connectivity index is 0.000000858. The number of anilines is 1. The first-order valence-corrected chi connectivity index (χ1v) is 9.84. The number of rotatable bonds is 5. The van der Waals surface area contributed by atoms with Gasteiger partial charge in [-0.05, 0) is 37.6 Å². The van der Waals surface area contributed by atoms with Crippen LogP contribution in [-0.2, 0) is 4.79 Å². The van der Waals surface area contributed by atoms with Crippen LogP contribution in [0.25, 0.3) is 22.0 Å². The first-order valence-electron chi connectivity index (χ1n) is 9.84. The highest BCUT2D eigenvalue weighted by Crippen LogP contribution is 2.36. The van der Waals surface area contributed by atoms with Crippen molar-refractivity contribution in [1.29, 1.82) is 0 Å². The van der Waals surface area contributed by atoms with Crippen LogP contribution in [0.3, 0.4) is 0 Å². The van der Waals surface area contributed by atoms with Crippen LogP contribution < -0.4 is 5.32 Å². The van der Waals surface area contributed by atoms with E-state index in [1.165, 1.54) is 18.2 Å². The van der Waals surface area contributed by atoms with Gasteiger partial charge in [-0.25, -0.2) is 4.39 Å². The third-order valence-corrected chi connectivity index (χ3v) is 5.07. The number of piperidine rings is 1. The first-order chi connectivity index (χ1) is 15.1. The van der Waals surface area contributed by atoms with Gasteiger partial charge >= 0.3 is 0 Å². The molecule has 1 aromatic carbocycles. The fourth-order valence-electron chi connectivity index (χ4n) is 3.75. The third kappa shape index (κ3) is 5.22. The molecule has 0 radical (unpaired) electrons. The summed E-state index contributed by atoms with van der Waals surface area (Å²) in [5, 5.41) is 39.5. The highest BCUT2D eigenvalue weighted by molar-refractivity contribution is 6.00. The van der Waals surface area contributed by atoms with Crippen LogP contribution in [-0.4, -0.2) is 74.2 Å². The Labute approximate surface area is 178 Å². The van der Waals surface area contributed by atoms with E-state index in [9.17, 15) is 14.6 Å². The van der Waals surface area contributed by atoms with Crippen molar-refractivity contribution in [3.05, 3.63) is 42.5 Å². The smallest absolute Gasteiger partial charge is 0.290 e. The summed E-state index contributed by atoms with van der Waals surface area (Å²) < 4.78 is 14.4. The fourth-order valence-corrected chi connectivity index (χ4v) is 3.75. The molecule has 1 atom stereocenters. The van der Waals surface area contributed by atoms with Crippen molar-refractivity contribution < 1.29 is 24.5 Å². The normalized spacial score (nSPS) is 16.4. The Hall–Kier alpha value is -3.37. The lowest BCUT2D eigenvalue weighted by molar-refractivity contribution is -0.122.